The molecule has 6 aromatic carbocycles. The number of aromatic hydroxyl groups is 2. The molecule has 0 spiro atoms. The Labute approximate surface area is 495 Å². The molecule has 0 radical (unpaired) electrons. The predicted octanol–water partition coefficient (Wildman–Crippen LogP) is 9.23. The molecule has 4 aliphatic rings. The van der Waals surface area contributed by atoms with Crippen LogP contribution in [-0.4, -0.2) is 125 Å². The molecule has 4 aliphatic heterocycles. The summed E-state index contributed by atoms with van der Waals surface area (Å²) in [5.41, 5.74) is 22.3. The number of carbonyl (C=O) groups is 3. The van der Waals surface area contributed by atoms with Crippen LogP contribution in [0, 0.1) is 5.41 Å². The summed E-state index contributed by atoms with van der Waals surface area (Å²) in [6.07, 6.45) is 1.14. The lowest BCUT2D eigenvalue weighted by Crippen LogP contribution is -2.33. The van der Waals surface area contributed by atoms with E-state index in [9.17, 15) is 29.7 Å². The second-order valence-corrected chi connectivity index (χ2v) is 21.7. The smallest absolute Gasteiger partial charge is 0.404 e. The number of rotatable bonds is 13. The van der Waals surface area contributed by atoms with Gasteiger partial charge in [-0.05, 0) is 91.2 Å². The van der Waals surface area contributed by atoms with E-state index in [0.717, 1.165) is 40.9 Å². The lowest BCUT2D eigenvalue weighted by Gasteiger charge is -2.27. The van der Waals surface area contributed by atoms with Crippen molar-refractivity contribution < 1.29 is 64.0 Å². The van der Waals surface area contributed by atoms with Gasteiger partial charge in [-0.3, -0.25) is 4.90 Å². The molecular weight excluding hydrogens is 1090 g/mol. The van der Waals surface area contributed by atoms with E-state index in [0.29, 0.717) is 18.2 Å². The van der Waals surface area contributed by atoms with Gasteiger partial charge in [-0.1, -0.05) is 155 Å². The minimum atomic E-state index is -0.837. The number of amides is 4. The quantitative estimate of drug-likeness (QED) is 0.0479. The van der Waals surface area contributed by atoms with Gasteiger partial charge >= 0.3 is 18.2 Å². The first-order chi connectivity index (χ1) is 40.1. The van der Waals surface area contributed by atoms with Crippen molar-refractivity contribution in [3.05, 3.63) is 168 Å². The topological polar surface area (TPSA) is 327 Å². The Bertz CT molecular complexity index is 2880. The fourth-order valence-corrected chi connectivity index (χ4v) is 9.83. The summed E-state index contributed by atoms with van der Waals surface area (Å²) < 4.78 is 19.5. The number of likely N-dealkylation sites (N-methyl/N-ethyl adjacent to an activating group) is 1. The van der Waals surface area contributed by atoms with Crippen LogP contribution in [0.25, 0.3) is 12.2 Å². The Morgan fingerprint density at radius 1 is 0.690 bits per heavy atom. The van der Waals surface area contributed by atoms with Crippen LogP contribution >= 0.6 is 11.8 Å². The number of aliphatic hydroxyl groups is 4. The third-order valence-corrected chi connectivity index (χ3v) is 14.6. The van der Waals surface area contributed by atoms with Crippen LogP contribution in [0.2, 0.25) is 0 Å². The molecule has 0 aromatic heterocycles. The Morgan fingerprint density at radius 2 is 1.17 bits per heavy atom. The molecule has 4 amide bonds. The summed E-state index contributed by atoms with van der Waals surface area (Å²) in [7, 11) is 1.84. The molecule has 0 bridgehead atoms. The van der Waals surface area contributed by atoms with E-state index in [1.54, 1.807) is 11.0 Å². The van der Waals surface area contributed by atoms with Crippen molar-refractivity contribution in [1.82, 2.24) is 10.6 Å². The monoisotopic (exact) mass is 1180 g/mol. The van der Waals surface area contributed by atoms with E-state index < -0.39 is 48.0 Å². The number of nitrogens with zero attached hydrogens (tertiary/aromatic N) is 1. The third-order valence-electron chi connectivity index (χ3n) is 13.4. The van der Waals surface area contributed by atoms with Gasteiger partial charge in [0.1, 0.15) is 37.6 Å². The van der Waals surface area contributed by atoms with E-state index in [2.05, 4.69) is 64.5 Å². The molecule has 0 saturated carbocycles. The minimum absolute atomic E-state index is 0.0902. The highest BCUT2D eigenvalue weighted by Gasteiger charge is 2.46. The van der Waals surface area contributed by atoms with Crippen LogP contribution in [0.15, 0.2) is 155 Å². The number of nitrogens with one attached hydrogen (secondary N) is 3. The lowest BCUT2D eigenvalue weighted by molar-refractivity contribution is 0.00205. The molecule has 84 heavy (non-hydrogen) atoms. The van der Waals surface area contributed by atoms with E-state index in [1.807, 2.05) is 144 Å². The first-order valence-electron chi connectivity index (χ1n) is 27.5. The molecule has 20 nitrogen and oxygen atoms in total. The number of phenolic OH excluding ortho intramolecular Hbond substituents is 2. The van der Waals surface area contributed by atoms with Crippen LogP contribution in [0.1, 0.15) is 81.9 Å². The maximum Gasteiger partial charge on any atom is 0.404 e. The van der Waals surface area contributed by atoms with E-state index in [-0.39, 0.29) is 56.2 Å². The van der Waals surface area contributed by atoms with Crippen LogP contribution < -0.4 is 38.1 Å². The first kappa shape index (κ1) is 67.1. The summed E-state index contributed by atoms with van der Waals surface area (Å²) in [5, 5.41) is 65.6. The van der Waals surface area contributed by atoms with Crippen molar-refractivity contribution in [3.8, 4) is 11.5 Å². The molecule has 2 saturated heterocycles. The largest absolute Gasteiger partial charge is 0.504 e. The maximum absolute atomic E-state index is 11.8. The van der Waals surface area contributed by atoms with Gasteiger partial charge in [0.15, 0.2) is 11.5 Å². The van der Waals surface area contributed by atoms with Gasteiger partial charge < -0.3 is 82.7 Å². The number of carbonyl (C=O) groups excluding carboxylic acids is 3. The Kier molecular flexibility index (Phi) is 26.8. The van der Waals surface area contributed by atoms with E-state index >= 15 is 0 Å². The second kappa shape index (κ2) is 33.6. The summed E-state index contributed by atoms with van der Waals surface area (Å²) in [5.74, 6) is -0.390. The Hall–Kier alpha value is -7.70. The van der Waals surface area contributed by atoms with Gasteiger partial charge in [-0.2, -0.15) is 0 Å². The number of anilines is 4. The summed E-state index contributed by atoms with van der Waals surface area (Å²) >= 11 is 1.82. The molecule has 452 valence electrons. The van der Waals surface area contributed by atoms with Crippen molar-refractivity contribution >= 4 is 64.9 Å². The second-order valence-electron chi connectivity index (χ2n) is 20.6. The van der Waals surface area contributed by atoms with Crippen molar-refractivity contribution in [3.63, 3.8) is 0 Å². The number of hydrogen-bond acceptors (Lipinski definition) is 17. The number of ether oxygens (including phenoxy) is 4. The predicted molar refractivity (Wildman–Crippen MR) is 327 cm³/mol. The Morgan fingerprint density at radius 3 is 1.62 bits per heavy atom. The van der Waals surface area contributed by atoms with Crippen LogP contribution in [0.3, 0.4) is 0 Å². The van der Waals surface area contributed by atoms with E-state index in [1.165, 1.54) is 33.3 Å². The number of aliphatic hydroxyl groups excluding tert-OH is 4. The van der Waals surface area contributed by atoms with E-state index in [4.69, 9.17) is 51.5 Å². The van der Waals surface area contributed by atoms with Crippen LogP contribution in [0.5, 0.6) is 11.5 Å². The molecule has 0 aliphatic carbocycles. The van der Waals surface area contributed by atoms with Crippen LogP contribution in [-0.2, 0) is 18.9 Å². The molecule has 6 aromatic rings. The number of nitrogens with two attached hydrogens (primary N) is 3. The molecule has 2 fully saturated rings. The molecule has 21 heteroatoms. The first-order valence-corrected chi connectivity index (χ1v) is 28.3. The number of hydrogen-bond donors (Lipinski definition) is 12. The summed E-state index contributed by atoms with van der Waals surface area (Å²) in [6, 6.07) is 46.1. The number of phenols is 2. The number of fused-ring (bicyclic) bond motifs is 5. The average molecular weight is 1180 g/mol. The van der Waals surface area contributed by atoms with Gasteiger partial charge in [0, 0.05) is 33.8 Å². The van der Waals surface area contributed by atoms with Gasteiger partial charge in [0.05, 0.1) is 48.2 Å². The lowest BCUT2D eigenvalue weighted by atomic mass is 9.87. The number of urea groups is 1. The standard InChI is InChI=1S/C15H12N2O.C12H9NS.C11H17NO3.C10H15NO.C9H18N2O4.C6H10O4/c16-15(18)17-13-7-3-1-5-11(13)9-10-12-6-2-4-8-14(12)17;1-3-7-11-9(5-1)13-10-6-2-4-8-12(10)14-11;1-7(2)12-6-11(15)8-3-4-9(13)10(14)5-8;1-8(11-2)10(12)9-6-4-3-5-7-9;1-3-4-9(2,5-14-7(10)12)6-15-8(11)13;7-3-1-9-6-4(8)2-10-5(3)6/h1-10H,(H2,16,18);1-8,13H;3-5,7,11-15H,6H2,1-2H3;3-8,10-12H,1-2H3;3-6H2,1-2H3,(H2,10,12)(H2,11,13);3-8H,1-2H2/t;;;8-,10-;;3-,4+,5-,6-/m...0.1/s1. The molecular formula is C63H81N7O13S. The number of para-hydroxylation sites is 4. The zero-order valence-corrected chi connectivity index (χ0v) is 49.0. The van der Waals surface area contributed by atoms with Crippen LogP contribution in [0.4, 0.5) is 37.1 Å². The summed E-state index contributed by atoms with van der Waals surface area (Å²) in [4.78, 5) is 36.8. The van der Waals surface area contributed by atoms with Crippen molar-refractivity contribution in [2.24, 2.45) is 22.6 Å². The van der Waals surface area contributed by atoms with Gasteiger partial charge in [-0.15, -0.1) is 0 Å². The molecule has 4 heterocycles. The zero-order chi connectivity index (χ0) is 61.3. The molecule has 7 atom stereocenters. The SMILES string of the molecule is CC(C)NCC(O)c1ccc(O)c(O)c1.CCCC(C)(COC(N)=O)COC(N)=O.CN[C@@H](C)[C@H](O)c1ccccc1.NC(=O)N1c2ccccc2C=Cc2ccccc21.O[C@@H]1CO[C@H]2[C@@H]1OC[C@@H]2O.c1ccc2c(c1)Nc1ccccc1S2. The molecule has 1 unspecified atom stereocenters. The summed E-state index contributed by atoms with van der Waals surface area (Å²) in [6.45, 7) is 11.0. The fraction of sp³-hybridized carbons (Fsp3) is 0.349. The van der Waals surface area contributed by atoms with Crippen molar-refractivity contribution in [2.45, 2.75) is 106 Å². The molecule has 15 N–H and O–H groups in total. The van der Waals surface area contributed by atoms with Crippen molar-refractivity contribution in [1.29, 1.82) is 0 Å². The number of benzene rings is 6. The van der Waals surface area contributed by atoms with Gasteiger partial charge in [0.2, 0.25) is 0 Å². The highest BCUT2D eigenvalue weighted by molar-refractivity contribution is 7.99. The molecule has 10 rings (SSSR count). The van der Waals surface area contributed by atoms with Gasteiger partial charge in [-0.25, -0.2) is 14.4 Å². The highest BCUT2D eigenvalue weighted by atomic mass is 32.2. The average Bonchev–Trinajstić information content (AvgIpc) is 3.37. The third kappa shape index (κ3) is 20.6. The normalized spacial score (nSPS) is 17.6. The highest BCUT2D eigenvalue weighted by Crippen LogP contribution is 2.43. The number of primary amides is 3. The van der Waals surface area contributed by atoms with Crippen molar-refractivity contribution in [2.75, 3.05) is 50.2 Å². The Balaban J connectivity index is 0.000000186. The fourth-order valence-electron chi connectivity index (χ4n) is 8.84. The van der Waals surface area contributed by atoms with Gasteiger partial charge in [0.25, 0.3) is 0 Å². The maximum atomic E-state index is 11.8. The zero-order valence-electron chi connectivity index (χ0n) is 48.2. The minimum Gasteiger partial charge on any atom is -0.504 e.